The lowest BCUT2D eigenvalue weighted by atomic mass is 9.86. The molecular weight excluding hydrogens is 348 g/mol. The minimum Gasteiger partial charge on any atom is -0.501 e. The zero-order chi connectivity index (χ0) is 20.8. The van der Waals surface area contributed by atoms with E-state index in [0.29, 0.717) is 18.6 Å². The summed E-state index contributed by atoms with van der Waals surface area (Å²) in [5.41, 5.74) is -0.402. The number of aliphatic hydroxyl groups excluding tert-OH is 1. The number of hydrogen-bond acceptors (Lipinski definition) is 6. The molecule has 0 aliphatic carbocycles. The molecule has 1 aliphatic rings. The van der Waals surface area contributed by atoms with Crippen molar-refractivity contribution < 1.29 is 29.3 Å². The fourth-order valence-corrected chi connectivity index (χ4v) is 3.22. The van der Waals surface area contributed by atoms with E-state index in [2.05, 4.69) is 6.58 Å². The van der Waals surface area contributed by atoms with Crippen molar-refractivity contribution in [2.75, 3.05) is 13.7 Å². The molecule has 0 amide bonds. The van der Waals surface area contributed by atoms with Gasteiger partial charge in [-0.1, -0.05) is 32.1 Å². The number of Topliss-reactive ketones (excluding diaryl/α,β-unsaturated/α-hetero) is 1. The van der Waals surface area contributed by atoms with E-state index in [4.69, 9.17) is 9.47 Å². The van der Waals surface area contributed by atoms with Gasteiger partial charge in [-0.2, -0.15) is 0 Å². The summed E-state index contributed by atoms with van der Waals surface area (Å²) in [4.78, 5) is 25.2. The molecule has 2 N–H and O–H groups in total. The highest BCUT2D eigenvalue weighted by molar-refractivity contribution is 6.03. The Labute approximate surface area is 161 Å². The van der Waals surface area contributed by atoms with E-state index in [1.807, 2.05) is 26.8 Å². The first-order valence-electron chi connectivity index (χ1n) is 9.26. The third-order valence-electron chi connectivity index (χ3n) is 4.82. The van der Waals surface area contributed by atoms with Crippen LogP contribution in [0, 0.1) is 11.8 Å². The first kappa shape index (κ1) is 23.1. The minimum absolute atomic E-state index is 0.0394. The molecule has 0 saturated carbocycles. The van der Waals surface area contributed by atoms with Gasteiger partial charge in [-0.15, -0.1) is 0 Å². The van der Waals surface area contributed by atoms with Crippen LogP contribution in [0.15, 0.2) is 35.6 Å². The van der Waals surface area contributed by atoms with Crippen molar-refractivity contribution in [3.8, 4) is 0 Å². The number of rotatable bonds is 3. The lowest BCUT2D eigenvalue weighted by Gasteiger charge is -2.29. The molecule has 0 unspecified atom stereocenters. The van der Waals surface area contributed by atoms with Gasteiger partial charge in [0, 0.05) is 6.42 Å². The highest BCUT2D eigenvalue weighted by Gasteiger charge is 2.42. The molecule has 6 heteroatoms. The van der Waals surface area contributed by atoms with Crippen molar-refractivity contribution in [3.63, 3.8) is 0 Å². The number of carbonyl (C=O) groups is 2. The number of cyclic esters (lactones) is 1. The van der Waals surface area contributed by atoms with Crippen molar-refractivity contribution >= 4 is 11.8 Å². The topological polar surface area (TPSA) is 93.1 Å². The van der Waals surface area contributed by atoms with Crippen LogP contribution < -0.4 is 0 Å². The van der Waals surface area contributed by atoms with Crippen LogP contribution in [0.4, 0.5) is 0 Å². The summed E-state index contributed by atoms with van der Waals surface area (Å²) in [5, 5.41) is 20.4. The van der Waals surface area contributed by atoms with E-state index in [1.165, 1.54) is 14.0 Å². The van der Waals surface area contributed by atoms with Crippen molar-refractivity contribution in [1.82, 2.24) is 0 Å². The Bertz CT molecular complexity index is 633. The predicted octanol–water partition coefficient (Wildman–Crippen LogP) is 2.70. The van der Waals surface area contributed by atoms with Gasteiger partial charge in [0.2, 0.25) is 0 Å². The van der Waals surface area contributed by atoms with Crippen molar-refractivity contribution in [3.05, 3.63) is 35.6 Å². The summed E-state index contributed by atoms with van der Waals surface area (Å²) in [6, 6.07) is 0. The van der Waals surface area contributed by atoms with Crippen molar-refractivity contribution in [2.24, 2.45) is 11.8 Å². The van der Waals surface area contributed by atoms with E-state index in [-0.39, 0.29) is 12.3 Å². The SMILES string of the molecule is C=C1/C=C(/C)[C@H](CC)OC(=O)[C@H](C)C(=O)[C@@](O)(CO)C/C(OC)=C/[C@@H](C)C1. The van der Waals surface area contributed by atoms with Gasteiger partial charge in [-0.05, 0) is 44.3 Å². The number of aliphatic hydroxyl groups is 2. The largest absolute Gasteiger partial charge is 0.501 e. The number of methoxy groups -OCH3 is 1. The van der Waals surface area contributed by atoms with E-state index in [0.717, 1.165) is 11.1 Å². The molecule has 0 aromatic heterocycles. The Morgan fingerprint density at radius 2 is 2.00 bits per heavy atom. The maximum Gasteiger partial charge on any atom is 0.316 e. The first-order chi connectivity index (χ1) is 12.6. The number of carbonyl (C=O) groups excluding carboxylic acids is 2. The second-order valence-corrected chi connectivity index (χ2v) is 7.35. The highest BCUT2D eigenvalue weighted by Crippen LogP contribution is 2.27. The lowest BCUT2D eigenvalue weighted by molar-refractivity contribution is -0.162. The molecule has 0 bridgehead atoms. The second-order valence-electron chi connectivity index (χ2n) is 7.35. The molecule has 152 valence electrons. The number of allylic oxidation sites excluding steroid dienone is 3. The average Bonchev–Trinajstić information content (AvgIpc) is 2.62. The fourth-order valence-electron chi connectivity index (χ4n) is 3.22. The number of esters is 1. The Balaban J connectivity index is 3.38. The Hall–Kier alpha value is -1.92. The normalized spacial score (nSPS) is 35.4. The summed E-state index contributed by atoms with van der Waals surface area (Å²) >= 11 is 0. The zero-order valence-electron chi connectivity index (χ0n) is 16.9. The van der Waals surface area contributed by atoms with E-state index in [9.17, 15) is 19.8 Å². The molecule has 27 heavy (non-hydrogen) atoms. The Kier molecular flexibility index (Phi) is 8.44. The number of ether oxygens (including phenoxy) is 2. The number of hydrogen-bond donors (Lipinski definition) is 2. The quantitative estimate of drug-likeness (QED) is 0.578. The van der Waals surface area contributed by atoms with Crippen LogP contribution in [-0.4, -0.2) is 47.4 Å². The van der Waals surface area contributed by atoms with Gasteiger partial charge in [0.25, 0.3) is 0 Å². The third kappa shape index (κ3) is 6.04. The van der Waals surface area contributed by atoms with Crippen molar-refractivity contribution in [1.29, 1.82) is 0 Å². The maximum absolute atomic E-state index is 12.7. The standard InChI is InChI=1S/C21H32O6/c1-7-18-15(4)9-13(2)8-14(3)10-17(26-6)11-21(25,12-22)19(23)16(5)20(24)27-18/h9-10,14,16,18,22,25H,2,7-8,11-12H2,1,3-6H3/b15-9-,17-10-/t14-,16+,18-,21-/m0/s1. The summed E-state index contributed by atoms with van der Waals surface area (Å²) < 4.78 is 10.8. The molecule has 0 spiro atoms. The fraction of sp³-hybridized carbons (Fsp3) is 0.619. The average molecular weight is 380 g/mol. The van der Waals surface area contributed by atoms with Gasteiger partial charge < -0.3 is 19.7 Å². The maximum atomic E-state index is 12.7. The first-order valence-corrected chi connectivity index (χ1v) is 9.26. The summed E-state index contributed by atoms with van der Waals surface area (Å²) in [7, 11) is 1.44. The highest BCUT2D eigenvalue weighted by atomic mass is 16.5. The van der Waals surface area contributed by atoms with Crippen molar-refractivity contribution in [2.45, 2.75) is 58.7 Å². The zero-order valence-corrected chi connectivity index (χ0v) is 16.9. The van der Waals surface area contributed by atoms with Gasteiger partial charge in [0.05, 0.1) is 19.5 Å². The molecule has 0 aromatic rings. The van der Waals surface area contributed by atoms with Crippen LogP contribution in [-0.2, 0) is 19.1 Å². The van der Waals surface area contributed by atoms with Crippen LogP contribution in [0.3, 0.4) is 0 Å². The van der Waals surface area contributed by atoms with Crippen LogP contribution in [0.2, 0.25) is 0 Å². The molecule has 1 aliphatic heterocycles. The Morgan fingerprint density at radius 3 is 2.52 bits per heavy atom. The van der Waals surface area contributed by atoms with Crippen LogP contribution in [0.25, 0.3) is 0 Å². The van der Waals surface area contributed by atoms with E-state index in [1.54, 1.807) is 6.08 Å². The molecule has 1 heterocycles. The molecule has 0 fully saturated rings. The monoisotopic (exact) mass is 380 g/mol. The van der Waals surface area contributed by atoms with Crippen LogP contribution in [0.5, 0.6) is 0 Å². The van der Waals surface area contributed by atoms with Gasteiger partial charge in [-0.3, -0.25) is 9.59 Å². The van der Waals surface area contributed by atoms with E-state index < -0.39 is 36.0 Å². The summed E-state index contributed by atoms with van der Waals surface area (Å²) in [6.45, 7) is 10.3. The van der Waals surface area contributed by atoms with Gasteiger partial charge >= 0.3 is 5.97 Å². The third-order valence-corrected chi connectivity index (χ3v) is 4.82. The van der Waals surface area contributed by atoms with E-state index >= 15 is 0 Å². The molecule has 1 rings (SSSR count). The van der Waals surface area contributed by atoms with Gasteiger partial charge in [-0.25, -0.2) is 0 Å². The molecule has 4 atom stereocenters. The van der Waals surface area contributed by atoms with Crippen LogP contribution >= 0.6 is 0 Å². The second kappa shape index (κ2) is 9.85. The summed E-state index contributed by atoms with van der Waals surface area (Å²) in [5.74, 6) is -2.33. The molecule has 0 saturated heterocycles. The smallest absolute Gasteiger partial charge is 0.316 e. The predicted molar refractivity (Wildman–Crippen MR) is 103 cm³/mol. The van der Waals surface area contributed by atoms with Gasteiger partial charge in [0.1, 0.15) is 12.0 Å². The lowest BCUT2D eigenvalue weighted by Crippen LogP contribution is -2.48. The summed E-state index contributed by atoms with van der Waals surface area (Å²) in [6.07, 6.45) is 4.19. The number of ketones is 1. The van der Waals surface area contributed by atoms with Gasteiger partial charge in [0.15, 0.2) is 11.4 Å². The molecular formula is C21H32O6. The molecule has 6 nitrogen and oxygen atoms in total. The Morgan fingerprint density at radius 1 is 1.37 bits per heavy atom. The van der Waals surface area contributed by atoms with Crippen LogP contribution in [0.1, 0.15) is 47.0 Å². The minimum atomic E-state index is -2.12. The molecule has 0 radical (unpaired) electrons. The molecule has 0 aromatic carbocycles.